The smallest absolute Gasteiger partial charge is 0.0754 e. The maximum Gasteiger partial charge on any atom is 0.0754 e. The van der Waals surface area contributed by atoms with Crippen LogP contribution in [0.25, 0.3) is 60.9 Å². The number of rotatable bonds is 6. The second kappa shape index (κ2) is 14.8. The van der Waals surface area contributed by atoms with Crippen LogP contribution >= 0.6 is 0 Å². The molecule has 2 nitrogen and oxygen atoms in total. The van der Waals surface area contributed by atoms with Crippen molar-refractivity contribution in [3.63, 3.8) is 0 Å². The molecule has 11 aromatic carbocycles. The molecule has 0 bridgehead atoms. The second-order valence-corrected chi connectivity index (χ2v) is 19.1. The number of para-hydroxylation sites is 3. The van der Waals surface area contributed by atoms with Crippen molar-refractivity contribution in [2.24, 2.45) is 0 Å². The molecule has 326 valence electrons. The van der Waals surface area contributed by atoms with Crippen molar-refractivity contribution in [3.05, 3.63) is 311 Å². The van der Waals surface area contributed by atoms with Crippen LogP contribution in [0.3, 0.4) is 0 Å². The van der Waals surface area contributed by atoms with E-state index >= 15 is 0 Å². The summed E-state index contributed by atoms with van der Waals surface area (Å²) in [4.78, 5) is 2.49. The normalized spacial score (nSPS) is 13.9. The number of fused-ring (bicyclic) bond motifs is 15. The number of aromatic nitrogens is 1. The quantitative estimate of drug-likeness (QED) is 0.161. The fourth-order valence-electron chi connectivity index (χ4n) is 13.2. The third-order valence-electron chi connectivity index (χ3n) is 15.8. The first-order valence-corrected chi connectivity index (χ1v) is 24.4. The minimum Gasteiger partial charge on any atom is -0.310 e. The summed E-state index contributed by atoms with van der Waals surface area (Å²) in [5.74, 6) is 0. The first-order valence-electron chi connectivity index (χ1n) is 24.4. The van der Waals surface area contributed by atoms with Crippen molar-refractivity contribution in [1.29, 1.82) is 0 Å². The van der Waals surface area contributed by atoms with E-state index in [1.165, 1.54) is 99.8 Å². The van der Waals surface area contributed by atoms with Crippen molar-refractivity contribution >= 4 is 38.9 Å². The van der Waals surface area contributed by atoms with Gasteiger partial charge in [0.1, 0.15) is 0 Å². The standard InChI is InChI=1S/C68H44N2/c1-4-23-47(24-5-1)67(48-25-6-2-7-26-48)58-36-16-12-33-54(58)65-60(67)38-21-41-64(65)69(49-27-8-3-9-28-49)50-29-20-22-45(42-50)46-43-55-53-32-13-18-39-62(53)70-63-40-19-17-37-59(63)68(61(44-46)66(55)70)56-34-14-10-30-51(56)52-31-11-15-35-57(52)68/h1-44H. The number of hydrogen-bond donors (Lipinski definition) is 0. The van der Waals surface area contributed by atoms with Crippen molar-refractivity contribution in [2.45, 2.75) is 10.8 Å². The predicted octanol–water partition coefficient (Wildman–Crippen LogP) is 17.0. The molecule has 0 fully saturated rings. The van der Waals surface area contributed by atoms with Gasteiger partial charge in [-0.15, -0.1) is 0 Å². The molecule has 12 aromatic rings. The largest absolute Gasteiger partial charge is 0.310 e. The average molecular weight is 889 g/mol. The number of anilines is 3. The van der Waals surface area contributed by atoms with Crippen molar-refractivity contribution in [1.82, 2.24) is 4.57 Å². The summed E-state index contributed by atoms with van der Waals surface area (Å²) < 4.78 is 2.54. The zero-order chi connectivity index (χ0) is 46.0. The van der Waals surface area contributed by atoms with Gasteiger partial charge >= 0.3 is 0 Å². The molecule has 1 aliphatic heterocycles. The molecular weight excluding hydrogens is 845 g/mol. The molecule has 0 radical (unpaired) electrons. The second-order valence-electron chi connectivity index (χ2n) is 19.1. The van der Waals surface area contributed by atoms with E-state index in [2.05, 4.69) is 276 Å². The van der Waals surface area contributed by atoms with Crippen LogP contribution < -0.4 is 4.90 Å². The Labute approximate surface area is 407 Å². The molecule has 15 rings (SSSR count). The van der Waals surface area contributed by atoms with Crippen LogP contribution in [0.2, 0.25) is 0 Å². The molecule has 70 heavy (non-hydrogen) atoms. The van der Waals surface area contributed by atoms with Gasteiger partial charge in [0.2, 0.25) is 0 Å². The van der Waals surface area contributed by atoms with Gasteiger partial charge in [-0.25, -0.2) is 0 Å². The van der Waals surface area contributed by atoms with E-state index in [-0.39, 0.29) is 0 Å². The van der Waals surface area contributed by atoms with E-state index in [4.69, 9.17) is 0 Å². The van der Waals surface area contributed by atoms with Crippen LogP contribution in [0.1, 0.15) is 44.5 Å². The lowest BCUT2D eigenvalue weighted by Gasteiger charge is -2.40. The van der Waals surface area contributed by atoms with Crippen LogP contribution in [0.4, 0.5) is 17.1 Å². The molecule has 1 spiro atoms. The molecule has 0 saturated heterocycles. The first-order chi connectivity index (χ1) is 34.8. The number of hydrogen-bond acceptors (Lipinski definition) is 1. The SMILES string of the molecule is c1ccc(N(c2cccc(-c3cc4c5c(c3)c3ccccc3n5-c3ccccc3C43c4ccccc4-c4ccccc43)c2)c2cccc3c2-c2ccccc2C3(c2ccccc2)c2ccccc2)cc1. The Hall–Kier alpha value is -8.98. The lowest BCUT2D eigenvalue weighted by atomic mass is 9.65. The molecule has 2 aliphatic carbocycles. The zero-order valence-electron chi connectivity index (χ0n) is 38.3. The van der Waals surface area contributed by atoms with E-state index in [1.807, 2.05) is 0 Å². The van der Waals surface area contributed by atoms with Crippen molar-refractivity contribution < 1.29 is 0 Å². The van der Waals surface area contributed by atoms with Crippen molar-refractivity contribution in [3.8, 4) is 39.1 Å². The van der Waals surface area contributed by atoms with Gasteiger partial charge in [0, 0.05) is 27.7 Å². The highest BCUT2D eigenvalue weighted by Gasteiger charge is 2.51. The van der Waals surface area contributed by atoms with Gasteiger partial charge in [-0.2, -0.15) is 0 Å². The Morgan fingerprint density at radius 3 is 1.54 bits per heavy atom. The van der Waals surface area contributed by atoms with E-state index in [9.17, 15) is 0 Å². The van der Waals surface area contributed by atoms with Crippen LogP contribution in [0.15, 0.2) is 267 Å². The summed E-state index contributed by atoms with van der Waals surface area (Å²) in [6, 6.07) is 99.7. The van der Waals surface area contributed by atoms with Crippen molar-refractivity contribution in [2.75, 3.05) is 4.90 Å². The highest BCUT2D eigenvalue weighted by atomic mass is 15.1. The van der Waals surface area contributed by atoms with E-state index in [0.717, 1.165) is 22.6 Å². The van der Waals surface area contributed by atoms with Crippen LogP contribution in [0, 0.1) is 0 Å². The highest BCUT2D eigenvalue weighted by Crippen LogP contribution is 2.63. The zero-order valence-corrected chi connectivity index (χ0v) is 38.3. The average Bonchev–Trinajstić information content (AvgIpc) is 4.05. The van der Waals surface area contributed by atoms with Gasteiger partial charge in [0.05, 0.1) is 33.2 Å². The summed E-state index contributed by atoms with van der Waals surface area (Å²) in [7, 11) is 0. The molecule has 0 N–H and O–H groups in total. The van der Waals surface area contributed by atoms with E-state index in [1.54, 1.807) is 0 Å². The highest BCUT2D eigenvalue weighted by molar-refractivity contribution is 6.14. The number of benzene rings is 11. The lowest BCUT2D eigenvalue weighted by Crippen LogP contribution is -2.33. The van der Waals surface area contributed by atoms with Crippen LogP contribution in [-0.2, 0) is 10.8 Å². The maximum absolute atomic E-state index is 2.54. The molecule has 3 aliphatic rings. The Morgan fingerprint density at radius 1 is 0.314 bits per heavy atom. The maximum atomic E-state index is 2.54. The number of nitrogens with zero attached hydrogens (tertiary/aromatic N) is 2. The van der Waals surface area contributed by atoms with Gasteiger partial charge in [0.25, 0.3) is 0 Å². The molecule has 0 unspecified atom stereocenters. The van der Waals surface area contributed by atoms with Gasteiger partial charge in [-0.05, 0) is 127 Å². The molecule has 0 amide bonds. The Morgan fingerprint density at radius 2 is 0.843 bits per heavy atom. The van der Waals surface area contributed by atoms with E-state index < -0.39 is 10.8 Å². The molecule has 2 heterocycles. The summed E-state index contributed by atoms with van der Waals surface area (Å²) in [5, 5.41) is 2.52. The Balaban J connectivity index is 0.997. The van der Waals surface area contributed by atoms with Crippen LogP contribution in [0.5, 0.6) is 0 Å². The summed E-state index contributed by atoms with van der Waals surface area (Å²) in [6.45, 7) is 0. The monoisotopic (exact) mass is 888 g/mol. The third-order valence-corrected chi connectivity index (χ3v) is 15.8. The topological polar surface area (TPSA) is 8.17 Å². The van der Waals surface area contributed by atoms with Gasteiger partial charge in [0.15, 0.2) is 0 Å². The summed E-state index contributed by atoms with van der Waals surface area (Å²) in [5.41, 5.74) is 23.9. The van der Waals surface area contributed by atoms with E-state index in [0.29, 0.717) is 0 Å². The molecule has 2 heteroatoms. The van der Waals surface area contributed by atoms with Gasteiger partial charge < -0.3 is 9.47 Å². The van der Waals surface area contributed by atoms with Gasteiger partial charge in [-0.3, -0.25) is 0 Å². The first kappa shape index (κ1) is 39.1. The Kier molecular flexibility index (Phi) is 8.24. The summed E-state index contributed by atoms with van der Waals surface area (Å²) in [6.07, 6.45) is 0. The predicted molar refractivity (Wildman–Crippen MR) is 289 cm³/mol. The molecule has 0 atom stereocenters. The van der Waals surface area contributed by atoms with Crippen LogP contribution in [-0.4, -0.2) is 4.57 Å². The third kappa shape index (κ3) is 5.07. The molecular formula is C68H44N2. The molecule has 0 saturated carbocycles. The lowest BCUT2D eigenvalue weighted by molar-refractivity contribution is 0.749. The van der Waals surface area contributed by atoms with Gasteiger partial charge in [-0.1, -0.05) is 212 Å². The summed E-state index contributed by atoms with van der Waals surface area (Å²) >= 11 is 0. The minimum atomic E-state index is -0.530. The fraction of sp³-hybridized carbons (Fsp3) is 0.0294. The fourth-order valence-corrected chi connectivity index (χ4v) is 13.2. The minimum absolute atomic E-state index is 0.517. The molecule has 1 aromatic heterocycles. The Bertz CT molecular complexity index is 3980.